The Morgan fingerprint density at radius 2 is 1.66 bits per heavy atom. The largest absolute Gasteiger partial charge is 0.372 e. The highest BCUT2D eigenvalue weighted by Crippen LogP contribution is 2.26. The minimum atomic E-state index is -0.273. The van der Waals surface area contributed by atoms with Crippen molar-refractivity contribution < 1.29 is 9.59 Å². The molecular weight excluding hydrogens is 400 g/mol. The molecule has 2 unspecified atom stereocenters. The van der Waals surface area contributed by atoms with Gasteiger partial charge in [-0.3, -0.25) is 9.59 Å². The van der Waals surface area contributed by atoms with E-state index in [0.717, 1.165) is 42.4 Å². The summed E-state index contributed by atoms with van der Waals surface area (Å²) in [5.74, 6) is 0.469. The van der Waals surface area contributed by atoms with Gasteiger partial charge < -0.3 is 20.9 Å². The van der Waals surface area contributed by atoms with E-state index >= 15 is 0 Å². The number of hydrogen-bond acceptors (Lipinski definition) is 4. The normalized spacial score (nSPS) is 21.3. The lowest BCUT2D eigenvalue weighted by atomic mass is 9.97. The van der Waals surface area contributed by atoms with E-state index in [1.807, 2.05) is 31.2 Å². The minimum Gasteiger partial charge on any atom is -0.372 e. The third-order valence-electron chi connectivity index (χ3n) is 6.74. The molecule has 6 heteroatoms. The molecule has 2 aliphatic rings. The maximum Gasteiger partial charge on any atom is 0.225 e. The summed E-state index contributed by atoms with van der Waals surface area (Å²) in [5, 5.41) is 9.30. The van der Waals surface area contributed by atoms with Crippen LogP contribution in [0.3, 0.4) is 0 Å². The Labute approximate surface area is 190 Å². The van der Waals surface area contributed by atoms with E-state index in [1.54, 1.807) is 0 Å². The molecule has 2 saturated heterocycles. The Morgan fingerprint density at radius 1 is 1.03 bits per heavy atom. The van der Waals surface area contributed by atoms with E-state index in [0.29, 0.717) is 6.54 Å². The van der Waals surface area contributed by atoms with Gasteiger partial charge in [0, 0.05) is 49.2 Å². The molecule has 2 fully saturated rings. The lowest BCUT2D eigenvalue weighted by molar-refractivity contribution is -0.127. The van der Waals surface area contributed by atoms with Crippen molar-refractivity contribution in [3.63, 3.8) is 0 Å². The monoisotopic (exact) mass is 434 g/mol. The number of rotatable bonds is 7. The van der Waals surface area contributed by atoms with Crippen LogP contribution < -0.4 is 20.9 Å². The van der Waals surface area contributed by atoms with Crippen molar-refractivity contribution >= 4 is 28.9 Å². The highest BCUT2D eigenvalue weighted by Gasteiger charge is 2.36. The molecule has 0 radical (unpaired) electrons. The van der Waals surface area contributed by atoms with Crippen LogP contribution in [0.4, 0.5) is 17.1 Å². The molecule has 32 heavy (non-hydrogen) atoms. The number of benzene rings is 2. The van der Waals surface area contributed by atoms with Gasteiger partial charge in [0.25, 0.3) is 0 Å². The van der Waals surface area contributed by atoms with Crippen LogP contribution in [0.15, 0.2) is 48.5 Å². The van der Waals surface area contributed by atoms with E-state index in [9.17, 15) is 9.59 Å². The van der Waals surface area contributed by atoms with Gasteiger partial charge in [-0.25, -0.2) is 0 Å². The van der Waals surface area contributed by atoms with Crippen LogP contribution in [0.2, 0.25) is 0 Å². The van der Waals surface area contributed by atoms with Crippen LogP contribution in [0.5, 0.6) is 0 Å². The Balaban J connectivity index is 1.27. The van der Waals surface area contributed by atoms with Crippen LogP contribution in [-0.4, -0.2) is 30.9 Å². The molecule has 2 heterocycles. The summed E-state index contributed by atoms with van der Waals surface area (Å²) in [7, 11) is 0. The van der Waals surface area contributed by atoms with Gasteiger partial charge >= 0.3 is 0 Å². The zero-order valence-corrected chi connectivity index (χ0v) is 19.1. The molecule has 2 aromatic carbocycles. The number of carbonyl (C=O) groups is 2. The van der Waals surface area contributed by atoms with Crippen molar-refractivity contribution in [2.45, 2.75) is 52.1 Å². The SMILES string of the molecule is CCC1NC(=O)CC1C(=O)NCc1ccc(Nc2ccc(N3CCC(C)CC3)cc2)cc1. The van der Waals surface area contributed by atoms with Gasteiger partial charge in [-0.15, -0.1) is 0 Å². The summed E-state index contributed by atoms with van der Waals surface area (Å²) >= 11 is 0. The first-order chi connectivity index (χ1) is 15.5. The first-order valence-electron chi connectivity index (χ1n) is 11.8. The molecule has 4 rings (SSSR count). The highest BCUT2D eigenvalue weighted by atomic mass is 16.2. The van der Waals surface area contributed by atoms with Gasteiger partial charge in [0.2, 0.25) is 11.8 Å². The molecule has 2 aliphatic heterocycles. The summed E-state index contributed by atoms with van der Waals surface area (Å²) in [6, 6.07) is 16.7. The lowest BCUT2D eigenvalue weighted by Gasteiger charge is -2.32. The van der Waals surface area contributed by atoms with Gasteiger partial charge in [-0.1, -0.05) is 26.0 Å². The number of piperidine rings is 1. The number of carbonyl (C=O) groups excluding carboxylic acids is 2. The number of amides is 2. The van der Waals surface area contributed by atoms with Crippen molar-refractivity contribution in [3.05, 3.63) is 54.1 Å². The topological polar surface area (TPSA) is 73.5 Å². The number of nitrogens with zero attached hydrogens (tertiary/aromatic N) is 1. The van der Waals surface area contributed by atoms with Crippen LogP contribution in [0.25, 0.3) is 0 Å². The molecule has 2 amide bonds. The Bertz CT molecular complexity index is 918. The minimum absolute atomic E-state index is 0.0361. The molecule has 0 aliphatic carbocycles. The van der Waals surface area contributed by atoms with Gasteiger partial charge in [0.05, 0.1) is 5.92 Å². The highest BCUT2D eigenvalue weighted by molar-refractivity contribution is 5.90. The maximum absolute atomic E-state index is 12.5. The zero-order chi connectivity index (χ0) is 22.5. The number of nitrogens with one attached hydrogen (secondary N) is 3. The van der Waals surface area contributed by atoms with Crippen molar-refractivity contribution in [1.29, 1.82) is 0 Å². The average Bonchev–Trinajstić information content (AvgIpc) is 3.20. The fourth-order valence-electron chi connectivity index (χ4n) is 4.59. The zero-order valence-electron chi connectivity index (χ0n) is 19.1. The predicted molar refractivity (Wildman–Crippen MR) is 129 cm³/mol. The molecule has 6 nitrogen and oxygen atoms in total. The molecule has 0 saturated carbocycles. The second-order valence-corrected chi connectivity index (χ2v) is 9.15. The van der Waals surface area contributed by atoms with Crippen molar-refractivity contribution in [2.24, 2.45) is 11.8 Å². The van der Waals surface area contributed by atoms with Gasteiger partial charge in [0.15, 0.2) is 0 Å². The average molecular weight is 435 g/mol. The third-order valence-corrected chi connectivity index (χ3v) is 6.74. The van der Waals surface area contributed by atoms with E-state index in [1.165, 1.54) is 18.5 Å². The lowest BCUT2D eigenvalue weighted by Crippen LogP contribution is -2.37. The van der Waals surface area contributed by atoms with Crippen molar-refractivity contribution in [1.82, 2.24) is 10.6 Å². The van der Waals surface area contributed by atoms with E-state index in [4.69, 9.17) is 0 Å². The second-order valence-electron chi connectivity index (χ2n) is 9.15. The van der Waals surface area contributed by atoms with Gasteiger partial charge in [0.1, 0.15) is 0 Å². The number of hydrogen-bond donors (Lipinski definition) is 3. The summed E-state index contributed by atoms with van der Waals surface area (Å²) in [6.07, 6.45) is 3.58. The van der Waals surface area contributed by atoms with Crippen LogP contribution in [0, 0.1) is 11.8 Å². The second kappa shape index (κ2) is 10.1. The van der Waals surface area contributed by atoms with Gasteiger partial charge in [-0.2, -0.15) is 0 Å². The fraction of sp³-hybridized carbons (Fsp3) is 0.462. The Kier molecular flexibility index (Phi) is 6.98. The van der Waals surface area contributed by atoms with E-state index in [-0.39, 0.29) is 30.2 Å². The molecule has 2 aromatic rings. The smallest absolute Gasteiger partial charge is 0.225 e. The van der Waals surface area contributed by atoms with Crippen LogP contribution in [0.1, 0.15) is 45.1 Å². The predicted octanol–water partition coefficient (Wildman–Crippen LogP) is 4.20. The molecule has 0 bridgehead atoms. The Hall–Kier alpha value is -3.02. The van der Waals surface area contributed by atoms with E-state index < -0.39 is 0 Å². The van der Waals surface area contributed by atoms with Crippen LogP contribution in [-0.2, 0) is 16.1 Å². The summed E-state index contributed by atoms with van der Waals surface area (Å²) in [6.45, 7) is 7.06. The molecule has 3 N–H and O–H groups in total. The van der Waals surface area contributed by atoms with Gasteiger partial charge in [-0.05, 0) is 67.1 Å². The first-order valence-corrected chi connectivity index (χ1v) is 11.8. The maximum atomic E-state index is 12.5. The quantitative estimate of drug-likeness (QED) is 0.611. The Morgan fingerprint density at radius 3 is 2.28 bits per heavy atom. The standard InChI is InChI=1S/C26H34N4O2/c1-3-24-23(16-25(31)29-24)26(32)27-17-19-4-6-20(7-5-19)28-21-8-10-22(11-9-21)30-14-12-18(2)13-15-30/h4-11,18,23-24,28H,3,12-17H2,1-2H3,(H,27,32)(H,29,31). The summed E-state index contributed by atoms with van der Waals surface area (Å²) < 4.78 is 0. The van der Waals surface area contributed by atoms with Crippen molar-refractivity contribution in [2.75, 3.05) is 23.3 Å². The first kappa shape index (κ1) is 22.2. The molecule has 170 valence electrons. The molecule has 0 spiro atoms. The fourth-order valence-corrected chi connectivity index (χ4v) is 4.59. The molecule has 2 atom stereocenters. The van der Waals surface area contributed by atoms with E-state index in [2.05, 4.69) is 52.0 Å². The van der Waals surface area contributed by atoms with Crippen molar-refractivity contribution in [3.8, 4) is 0 Å². The number of anilines is 3. The molecule has 0 aromatic heterocycles. The summed E-state index contributed by atoms with van der Waals surface area (Å²) in [4.78, 5) is 26.5. The summed E-state index contributed by atoms with van der Waals surface area (Å²) in [5.41, 5.74) is 4.39. The molecular formula is C26H34N4O2. The third kappa shape index (κ3) is 5.42. The van der Waals surface area contributed by atoms with Crippen LogP contribution >= 0.6 is 0 Å².